The van der Waals surface area contributed by atoms with E-state index in [0.717, 1.165) is 5.56 Å². The maximum atomic E-state index is 11.9. The highest BCUT2D eigenvalue weighted by molar-refractivity contribution is 5.99. The van der Waals surface area contributed by atoms with Crippen LogP contribution in [0.25, 0.3) is 0 Å². The van der Waals surface area contributed by atoms with Crippen LogP contribution in [0.4, 0.5) is 0 Å². The fraction of sp³-hybridized carbons (Fsp3) is 0.263. The van der Waals surface area contributed by atoms with E-state index in [1.807, 2.05) is 62.4 Å². The molecule has 0 aliphatic rings. The van der Waals surface area contributed by atoms with Gasteiger partial charge in [0.2, 0.25) is 0 Å². The van der Waals surface area contributed by atoms with E-state index >= 15 is 0 Å². The van der Waals surface area contributed by atoms with Crippen molar-refractivity contribution >= 4 is 12.1 Å². The standard InChI is InChI=1S/C19H21NO2/c1-19(2,15-22-13-16-9-5-3-6-10-16)14-20-18(21)17-11-7-4-8-12-17/h3-12,14H,13,15H2,1-2H3. The van der Waals surface area contributed by atoms with Gasteiger partial charge in [-0.2, -0.15) is 0 Å². The minimum absolute atomic E-state index is 0.225. The second-order valence-electron chi connectivity index (χ2n) is 5.90. The first kappa shape index (κ1) is 16.1. The van der Waals surface area contributed by atoms with Gasteiger partial charge in [0, 0.05) is 17.2 Å². The van der Waals surface area contributed by atoms with E-state index in [0.29, 0.717) is 18.8 Å². The van der Waals surface area contributed by atoms with Crippen LogP contribution < -0.4 is 0 Å². The van der Waals surface area contributed by atoms with Crippen LogP contribution in [0, 0.1) is 5.41 Å². The van der Waals surface area contributed by atoms with Crippen molar-refractivity contribution in [2.24, 2.45) is 10.4 Å². The Bertz CT molecular complexity index is 618. The Balaban J connectivity index is 1.85. The van der Waals surface area contributed by atoms with E-state index in [4.69, 9.17) is 4.74 Å². The third-order valence-corrected chi connectivity index (χ3v) is 3.14. The van der Waals surface area contributed by atoms with Crippen LogP contribution in [0.1, 0.15) is 29.8 Å². The Kier molecular flexibility index (Phi) is 5.61. The van der Waals surface area contributed by atoms with E-state index in [1.54, 1.807) is 18.3 Å². The molecule has 0 N–H and O–H groups in total. The molecule has 3 nitrogen and oxygen atoms in total. The van der Waals surface area contributed by atoms with Crippen LogP contribution in [-0.2, 0) is 11.3 Å². The molecule has 114 valence electrons. The van der Waals surface area contributed by atoms with Gasteiger partial charge in [0.15, 0.2) is 0 Å². The van der Waals surface area contributed by atoms with Crippen LogP contribution in [0.5, 0.6) is 0 Å². The molecular formula is C19H21NO2. The molecule has 2 rings (SSSR count). The lowest BCUT2D eigenvalue weighted by Crippen LogP contribution is -2.21. The van der Waals surface area contributed by atoms with Gasteiger partial charge in [-0.15, -0.1) is 0 Å². The first-order chi connectivity index (χ1) is 10.6. The fourth-order valence-electron chi connectivity index (χ4n) is 1.93. The number of benzene rings is 2. The molecule has 0 bridgehead atoms. The number of nitrogens with zero attached hydrogens (tertiary/aromatic N) is 1. The second kappa shape index (κ2) is 7.66. The van der Waals surface area contributed by atoms with Crippen LogP contribution in [-0.4, -0.2) is 18.7 Å². The summed E-state index contributed by atoms with van der Waals surface area (Å²) in [4.78, 5) is 16.0. The van der Waals surface area contributed by atoms with E-state index < -0.39 is 0 Å². The van der Waals surface area contributed by atoms with Gasteiger partial charge in [0.25, 0.3) is 5.91 Å². The lowest BCUT2D eigenvalue weighted by Gasteiger charge is -2.19. The van der Waals surface area contributed by atoms with Crippen molar-refractivity contribution < 1.29 is 9.53 Å². The number of carbonyl (C=O) groups is 1. The molecule has 0 radical (unpaired) electrons. The van der Waals surface area contributed by atoms with E-state index in [-0.39, 0.29) is 11.3 Å². The monoisotopic (exact) mass is 295 g/mol. The molecule has 0 aromatic heterocycles. The van der Waals surface area contributed by atoms with Crippen molar-refractivity contribution in [3.8, 4) is 0 Å². The minimum Gasteiger partial charge on any atom is -0.376 e. The summed E-state index contributed by atoms with van der Waals surface area (Å²) in [5.74, 6) is -0.225. The topological polar surface area (TPSA) is 38.7 Å². The van der Waals surface area contributed by atoms with E-state index in [1.165, 1.54) is 0 Å². The Morgan fingerprint density at radius 2 is 1.64 bits per heavy atom. The molecular weight excluding hydrogens is 274 g/mol. The first-order valence-electron chi connectivity index (χ1n) is 7.33. The molecule has 2 aromatic rings. The molecule has 0 unspecified atom stereocenters. The molecule has 2 aromatic carbocycles. The summed E-state index contributed by atoms with van der Waals surface area (Å²) in [5.41, 5.74) is 1.44. The third kappa shape index (κ3) is 5.26. The predicted octanol–water partition coefficient (Wildman–Crippen LogP) is 4.14. The molecule has 1 amide bonds. The number of aliphatic imine (C=N–C) groups is 1. The quantitative estimate of drug-likeness (QED) is 0.751. The average molecular weight is 295 g/mol. The Hall–Kier alpha value is -2.26. The van der Waals surface area contributed by atoms with Crippen LogP contribution in [0.3, 0.4) is 0 Å². The van der Waals surface area contributed by atoms with E-state index in [2.05, 4.69) is 4.99 Å². The summed E-state index contributed by atoms with van der Waals surface area (Å²) in [6.07, 6.45) is 1.67. The Morgan fingerprint density at radius 3 is 2.27 bits per heavy atom. The highest BCUT2D eigenvalue weighted by Crippen LogP contribution is 2.14. The fourth-order valence-corrected chi connectivity index (χ4v) is 1.93. The van der Waals surface area contributed by atoms with Gasteiger partial charge in [-0.25, -0.2) is 4.99 Å². The molecule has 0 spiro atoms. The van der Waals surface area contributed by atoms with Crippen molar-refractivity contribution in [1.82, 2.24) is 0 Å². The molecule has 0 heterocycles. The summed E-state index contributed by atoms with van der Waals surface area (Å²) in [6, 6.07) is 19.1. The zero-order valence-electron chi connectivity index (χ0n) is 13.0. The third-order valence-electron chi connectivity index (χ3n) is 3.14. The number of ether oxygens (including phenoxy) is 1. The highest BCUT2D eigenvalue weighted by Gasteiger charge is 2.16. The number of hydrogen-bond donors (Lipinski definition) is 0. The summed E-state index contributed by atoms with van der Waals surface area (Å²) in [6.45, 7) is 5.07. The molecule has 0 aliphatic heterocycles. The lowest BCUT2D eigenvalue weighted by atomic mass is 9.97. The van der Waals surface area contributed by atoms with Crippen molar-refractivity contribution in [3.63, 3.8) is 0 Å². The Morgan fingerprint density at radius 1 is 1.05 bits per heavy atom. The largest absolute Gasteiger partial charge is 0.376 e. The summed E-state index contributed by atoms with van der Waals surface area (Å²) >= 11 is 0. The van der Waals surface area contributed by atoms with Gasteiger partial charge in [-0.1, -0.05) is 62.4 Å². The summed E-state index contributed by atoms with van der Waals surface area (Å²) in [5, 5.41) is 0. The van der Waals surface area contributed by atoms with Crippen molar-refractivity contribution in [2.45, 2.75) is 20.5 Å². The van der Waals surface area contributed by atoms with Gasteiger partial charge in [0.05, 0.1) is 13.2 Å². The first-order valence-corrected chi connectivity index (χ1v) is 7.33. The zero-order chi connectivity index (χ0) is 15.8. The summed E-state index contributed by atoms with van der Waals surface area (Å²) < 4.78 is 5.72. The number of hydrogen-bond acceptors (Lipinski definition) is 2. The molecule has 0 fully saturated rings. The Labute approximate surface area is 131 Å². The molecule has 3 heteroatoms. The maximum absolute atomic E-state index is 11.9. The molecule has 22 heavy (non-hydrogen) atoms. The zero-order valence-corrected chi connectivity index (χ0v) is 13.0. The SMILES string of the molecule is CC(C)(C=NC(=O)c1ccccc1)COCc1ccccc1. The van der Waals surface area contributed by atoms with Gasteiger partial charge in [-0.3, -0.25) is 4.79 Å². The van der Waals surface area contributed by atoms with Crippen molar-refractivity contribution in [3.05, 3.63) is 71.8 Å². The van der Waals surface area contributed by atoms with Gasteiger partial charge >= 0.3 is 0 Å². The number of rotatable bonds is 6. The van der Waals surface area contributed by atoms with Crippen molar-refractivity contribution in [1.29, 1.82) is 0 Å². The van der Waals surface area contributed by atoms with Crippen LogP contribution in [0.15, 0.2) is 65.7 Å². The van der Waals surface area contributed by atoms with Crippen LogP contribution >= 0.6 is 0 Å². The van der Waals surface area contributed by atoms with Crippen molar-refractivity contribution in [2.75, 3.05) is 6.61 Å². The van der Waals surface area contributed by atoms with Gasteiger partial charge in [0.1, 0.15) is 0 Å². The second-order valence-corrected chi connectivity index (χ2v) is 5.90. The van der Waals surface area contributed by atoms with Crippen LogP contribution in [0.2, 0.25) is 0 Å². The van der Waals surface area contributed by atoms with Gasteiger partial charge in [-0.05, 0) is 17.7 Å². The maximum Gasteiger partial charge on any atom is 0.276 e. The van der Waals surface area contributed by atoms with E-state index in [9.17, 15) is 4.79 Å². The predicted molar refractivity (Wildman–Crippen MR) is 89.1 cm³/mol. The smallest absolute Gasteiger partial charge is 0.276 e. The average Bonchev–Trinajstić information content (AvgIpc) is 2.54. The van der Waals surface area contributed by atoms with Gasteiger partial charge < -0.3 is 4.74 Å². The molecule has 0 aliphatic carbocycles. The summed E-state index contributed by atoms with van der Waals surface area (Å²) in [7, 11) is 0. The molecule has 0 saturated carbocycles. The molecule has 0 saturated heterocycles. The normalized spacial score (nSPS) is 11.7. The number of carbonyl (C=O) groups excluding carboxylic acids is 1. The molecule has 0 atom stereocenters. The highest BCUT2D eigenvalue weighted by atomic mass is 16.5. The lowest BCUT2D eigenvalue weighted by molar-refractivity contribution is 0.0801. The minimum atomic E-state index is -0.292. The number of amides is 1.